The lowest BCUT2D eigenvalue weighted by Crippen LogP contribution is -2.27. The zero-order chi connectivity index (χ0) is 19.0. The SMILES string of the molecule is Cc1ccc(Nc2ccc3cc(S(=O)(=O)N4CCCC4)ccc3n2)cc1Cl. The second-order valence-electron chi connectivity index (χ2n) is 6.75. The highest BCUT2D eigenvalue weighted by molar-refractivity contribution is 7.89. The maximum atomic E-state index is 12.7. The van der Waals surface area contributed by atoms with E-state index in [-0.39, 0.29) is 0 Å². The van der Waals surface area contributed by atoms with Gasteiger partial charge < -0.3 is 5.32 Å². The number of hydrogen-bond donors (Lipinski definition) is 1. The molecule has 1 aliphatic rings. The van der Waals surface area contributed by atoms with Crippen LogP contribution in [0.5, 0.6) is 0 Å². The van der Waals surface area contributed by atoms with Crippen molar-refractivity contribution in [2.24, 2.45) is 0 Å². The Morgan fingerprint density at radius 1 is 1.04 bits per heavy atom. The molecular formula is C20H20ClN3O2S. The van der Waals surface area contributed by atoms with Crippen molar-refractivity contribution in [3.05, 3.63) is 59.1 Å². The summed E-state index contributed by atoms with van der Waals surface area (Å²) in [5, 5.41) is 4.72. The summed E-state index contributed by atoms with van der Waals surface area (Å²) in [6, 6.07) is 14.5. The van der Waals surface area contributed by atoms with Crippen molar-refractivity contribution >= 4 is 44.0 Å². The summed E-state index contributed by atoms with van der Waals surface area (Å²) in [6.07, 6.45) is 1.85. The normalized spacial score (nSPS) is 15.3. The summed E-state index contributed by atoms with van der Waals surface area (Å²) in [5.74, 6) is 0.678. The van der Waals surface area contributed by atoms with E-state index in [4.69, 9.17) is 11.6 Å². The van der Waals surface area contributed by atoms with Crippen LogP contribution in [0.2, 0.25) is 5.02 Å². The number of hydrogen-bond acceptors (Lipinski definition) is 4. The van der Waals surface area contributed by atoms with Gasteiger partial charge in [0.1, 0.15) is 5.82 Å². The van der Waals surface area contributed by atoms with Crippen LogP contribution in [0.25, 0.3) is 10.9 Å². The highest BCUT2D eigenvalue weighted by Crippen LogP contribution is 2.26. The fraction of sp³-hybridized carbons (Fsp3) is 0.250. The molecule has 1 fully saturated rings. The smallest absolute Gasteiger partial charge is 0.243 e. The van der Waals surface area contributed by atoms with Crippen molar-refractivity contribution in [2.45, 2.75) is 24.7 Å². The van der Waals surface area contributed by atoms with Crippen LogP contribution in [-0.4, -0.2) is 30.8 Å². The van der Waals surface area contributed by atoms with Crippen molar-refractivity contribution in [3.63, 3.8) is 0 Å². The summed E-state index contributed by atoms with van der Waals surface area (Å²) in [6.45, 7) is 3.15. The number of sulfonamides is 1. The van der Waals surface area contributed by atoms with Crippen molar-refractivity contribution < 1.29 is 8.42 Å². The van der Waals surface area contributed by atoms with Gasteiger partial charge in [0.2, 0.25) is 10.0 Å². The molecule has 0 bridgehead atoms. The second kappa shape index (κ2) is 7.11. The van der Waals surface area contributed by atoms with E-state index in [1.54, 1.807) is 22.5 Å². The number of fused-ring (bicyclic) bond motifs is 1. The molecular weight excluding hydrogens is 382 g/mol. The largest absolute Gasteiger partial charge is 0.340 e. The van der Waals surface area contributed by atoms with Crippen LogP contribution < -0.4 is 5.32 Å². The standard InChI is InChI=1S/C20H20ClN3O2S/c1-14-4-6-16(13-18(14)21)22-20-9-5-15-12-17(7-8-19(15)23-20)27(25,26)24-10-2-3-11-24/h4-9,12-13H,2-3,10-11H2,1H3,(H,22,23). The van der Waals surface area contributed by atoms with Gasteiger partial charge in [0.15, 0.2) is 0 Å². The minimum absolute atomic E-state index is 0.324. The molecule has 1 saturated heterocycles. The first kappa shape index (κ1) is 18.2. The third-order valence-electron chi connectivity index (χ3n) is 4.81. The molecule has 4 rings (SSSR count). The van der Waals surface area contributed by atoms with Crippen molar-refractivity contribution in [1.82, 2.24) is 9.29 Å². The summed E-state index contributed by atoms with van der Waals surface area (Å²) in [7, 11) is -3.42. The molecule has 140 valence electrons. The van der Waals surface area contributed by atoms with Crippen LogP contribution in [-0.2, 0) is 10.0 Å². The molecule has 27 heavy (non-hydrogen) atoms. The molecule has 0 spiro atoms. The Balaban J connectivity index is 1.63. The number of aryl methyl sites for hydroxylation is 1. The van der Waals surface area contributed by atoms with E-state index < -0.39 is 10.0 Å². The van der Waals surface area contributed by atoms with E-state index in [2.05, 4.69) is 10.3 Å². The van der Waals surface area contributed by atoms with Crippen LogP contribution in [0.15, 0.2) is 53.4 Å². The van der Waals surface area contributed by atoms with Crippen LogP contribution in [0.3, 0.4) is 0 Å². The van der Waals surface area contributed by atoms with E-state index in [1.807, 2.05) is 37.3 Å². The fourth-order valence-corrected chi connectivity index (χ4v) is 4.96. The van der Waals surface area contributed by atoms with Gasteiger partial charge in [-0.25, -0.2) is 13.4 Å². The third kappa shape index (κ3) is 3.65. The molecule has 0 amide bonds. The highest BCUT2D eigenvalue weighted by Gasteiger charge is 2.27. The molecule has 1 aromatic heterocycles. The predicted molar refractivity (Wildman–Crippen MR) is 109 cm³/mol. The van der Waals surface area contributed by atoms with E-state index in [0.29, 0.717) is 28.8 Å². The zero-order valence-electron chi connectivity index (χ0n) is 14.9. The molecule has 0 radical (unpaired) electrons. The minimum atomic E-state index is -3.42. The van der Waals surface area contributed by atoms with Crippen LogP contribution in [0.4, 0.5) is 11.5 Å². The monoisotopic (exact) mass is 401 g/mol. The van der Waals surface area contributed by atoms with Crippen molar-refractivity contribution in [2.75, 3.05) is 18.4 Å². The van der Waals surface area contributed by atoms with Gasteiger partial charge in [0.25, 0.3) is 0 Å². The number of aromatic nitrogens is 1. The quantitative estimate of drug-likeness (QED) is 0.686. The van der Waals surface area contributed by atoms with Gasteiger partial charge in [-0.1, -0.05) is 17.7 Å². The number of nitrogens with one attached hydrogen (secondary N) is 1. The topological polar surface area (TPSA) is 62.3 Å². The van der Waals surface area contributed by atoms with E-state index in [0.717, 1.165) is 35.0 Å². The molecule has 0 atom stereocenters. The molecule has 0 unspecified atom stereocenters. The second-order valence-corrected chi connectivity index (χ2v) is 9.10. The van der Waals surface area contributed by atoms with E-state index in [1.165, 1.54) is 0 Å². The van der Waals surface area contributed by atoms with Gasteiger partial charge in [-0.2, -0.15) is 4.31 Å². The molecule has 0 aliphatic carbocycles. The Labute approximate surface area is 164 Å². The average Bonchev–Trinajstić information content (AvgIpc) is 3.20. The molecule has 2 heterocycles. The van der Waals surface area contributed by atoms with Gasteiger partial charge in [-0.3, -0.25) is 0 Å². The van der Waals surface area contributed by atoms with Crippen LogP contribution in [0, 0.1) is 6.92 Å². The maximum Gasteiger partial charge on any atom is 0.243 e. The number of pyridine rings is 1. The number of benzene rings is 2. The molecule has 1 aliphatic heterocycles. The first-order valence-corrected chi connectivity index (χ1v) is 10.7. The Morgan fingerprint density at radius 3 is 2.56 bits per heavy atom. The summed E-state index contributed by atoms with van der Waals surface area (Å²) in [4.78, 5) is 4.90. The van der Waals surface area contributed by atoms with Crippen molar-refractivity contribution in [3.8, 4) is 0 Å². The summed E-state index contributed by atoms with van der Waals surface area (Å²) >= 11 is 6.17. The van der Waals surface area contributed by atoms with Crippen molar-refractivity contribution in [1.29, 1.82) is 0 Å². The minimum Gasteiger partial charge on any atom is -0.340 e. The average molecular weight is 402 g/mol. The summed E-state index contributed by atoms with van der Waals surface area (Å²) < 4.78 is 27.0. The fourth-order valence-electron chi connectivity index (χ4n) is 3.23. The maximum absolute atomic E-state index is 12.7. The Bertz CT molecular complexity index is 1110. The number of nitrogens with zero attached hydrogens (tertiary/aromatic N) is 2. The lowest BCUT2D eigenvalue weighted by atomic mass is 10.2. The number of halogens is 1. The lowest BCUT2D eigenvalue weighted by Gasteiger charge is -2.16. The van der Waals surface area contributed by atoms with Gasteiger partial charge in [0.05, 0.1) is 10.4 Å². The van der Waals surface area contributed by atoms with Crippen LogP contribution >= 0.6 is 11.6 Å². The van der Waals surface area contributed by atoms with Gasteiger partial charge in [-0.05, 0) is 67.8 Å². The summed E-state index contributed by atoms with van der Waals surface area (Å²) in [5.41, 5.74) is 2.60. The first-order chi connectivity index (χ1) is 12.9. The Morgan fingerprint density at radius 2 is 1.81 bits per heavy atom. The Kier molecular flexibility index (Phi) is 4.80. The molecule has 2 aromatic carbocycles. The molecule has 1 N–H and O–H groups in total. The molecule has 7 heteroatoms. The molecule has 0 saturated carbocycles. The number of anilines is 2. The van der Waals surface area contributed by atoms with Gasteiger partial charge in [-0.15, -0.1) is 0 Å². The third-order valence-corrected chi connectivity index (χ3v) is 7.11. The molecule has 3 aromatic rings. The van der Waals surface area contributed by atoms with Crippen LogP contribution in [0.1, 0.15) is 18.4 Å². The molecule has 5 nitrogen and oxygen atoms in total. The lowest BCUT2D eigenvalue weighted by molar-refractivity contribution is 0.477. The number of rotatable bonds is 4. The zero-order valence-corrected chi connectivity index (χ0v) is 16.5. The predicted octanol–water partition coefficient (Wildman–Crippen LogP) is 4.72. The van der Waals surface area contributed by atoms with Gasteiger partial charge >= 0.3 is 0 Å². The van der Waals surface area contributed by atoms with E-state index in [9.17, 15) is 8.42 Å². The van der Waals surface area contributed by atoms with E-state index >= 15 is 0 Å². The highest BCUT2D eigenvalue weighted by atomic mass is 35.5. The Hall–Kier alpha value is -2.15. The van der Waals surface area contributed by atoms with Gasteiger partial charge in [0, 0.05) is 29.2 Å². The first-order valence-electron chi connectivity index (χ1n) is 8.88.